The molecule has 0 unspecified atom stereocenters. The van der Waals surface area contributed by atoms with Crippen molar-refractivity contribution in [3.8, 4) is 11.3 Å². The molecule has 26 heavy (non-hydrogen) atoms. The lowest BCUT2D eigenvalue weighted by Crippen LogP contribution is -2.02. The Morgan fingerprint density at radius 2 is 2.04 bits per heavy atom. The zero-order chi connectivity index (χ0) is 17.9. The summed E-state index contributed by atoms with van der Waals surface area (Å²) >= 11 is 7.29. The van der Waals surface area contributed by atoms with Crippen molar-refractivity contribution in [1.29, 1.82) is 0 Å². The van der Waals surface area contributed by atoms with E-state index in [2.05, 4.69) is 15.5 Å². The second kappa shape index (κ2) is 7.11. The molecule has 2 aromatic heterocycles. The summed E-state index contributed by atoms with van der Waals surface area (Å²) in [5.41, 5.74) is 4.85. The molecule has 0 aliphatic rings. The average Bonchev–Trinajstić information content (AvgIpc) is 3.10. The zero-order valence-corrected chi connectivity index (χ0v) is 14.9. The van der Waals surface area contributed by atoms with E-state index in [1.165, 1.54) is 11.3 Å². The third-order valence-corrected chi connectivity index (χ3v) is 4.63. The Morgan fingerprint density at radius 1 is 1.15 bits per heavy atom. The fourth-order valence-corrected chi connectivity index (χ4v) is 3.30. The van der Waals surface area contributed by atoms with Crippen molar-refractivity contribution < 1.29 is 4.42 Å². The van der Waals surface area contributed by atoms with Gasteiger partial charge in [-0.1, -0.05) is 41.9 Å². The van der Waals surface area contributed by atoms with Crippen molar-refractivity contribution >= 4 is 45.3 Å². The van der Waals surface area contributed by atoms with Gasteiger partial charge in [0.25, 0.3) is 0 Å². The average molecular weight is 382 g/mol. The summed E-state index contributed by atoms with van der Waals surface area (Å²) in [6.45, 7) is 0. The molecule has 0 saturated heterocycles. The number of thiazole rings is 1. The zero-order valence-electron chi connectivity index (χ0n) is 13.3. The molecule has 0 fully saturated rings. The second-order valence-electron chi connectivity index (χ2n) is 5.45. The Hall–Kier alpha value is -2.96. The van der Waals surface area contributed by atoms with Crippen LogP contribution >= 0.6 is 22.9 Å². The Labute approximate surface area is 157 Å². The summed E-state index contributed by atoms with van der Waals surface area (Å²) in [5.74, 6) is 0. The van der Waals surface area contributed by atoms with Gasteiger partial charge in [-0.3, -0.25) is 5.43 Å². The molecule has 0 atom stereocenters. The highest BCUT2D eigenvalue weighted by Gasteiger charge is 2.11. The van der Waals surface area contributed by atoms with Gasteiger partial charge in [-0.05, 0) is 29.8 Å². The van der Waals surface area contributed by atoms with Crippen molar-refractivity contribution in [2.45, 2.75) is 0 Å². The molecule has 2 aromatic carbocycles. The molecule has 0 aliphatic carbocycles. The fraction of sp³-hybridized carbons (Fsp3) is 0. The number of halogens is 1. The van der Waals surface area contributed by atoms with Gasteiger partial charge in [-0.25, -0.2) is 9.78 Å². The highest BCUT2D eigenvalue weighted by Crippen LogP contribution is 2.25. The summed E-state index contributed by atoms with van der Waals surface area (Å²) in [7, 11) is 0. The summed E-state index contributed by atoms with van der Waals surface area (Å²) in [5, 5.41) is 8.01. The molecule has 2 heterocycles. The lowest BCUT2D eigenvalue weighted by atomic mass is 10.1. The van der Waals surface area contributed by atoms with Gasteiger partial charge in [-0.15, -0.1) is 11.3 Å². The number of hydrogen-bond donors (Lipinski definition) is 1. The van der Waals surface area contributed by atoms with Crippen LogP contribution in [0.15, 0.2) is 74.3 Å². The minimum atomic E-state index is -0.414. The van der Waals surface area contributed by atoms with Gasteiger partial charge >= 0.3 is 5.63 Å². The number of hydrogen-bond acceptors (Lipinski definition) is 6. The van der Waals surface area contributed by atoms with Gasteiger partial charge in [0.15, 0.2) is 0 Å². The number of nitrogens with zero attached hydrogens (tertiary/aromatic N) is 2. The third-order valence-electron chi connectivity index (χ3n) is 3.64. The maximum Gasteiger partial charge on any atom is 0.345 e. The lowest BCUT2D eigenvalue weighted by Gasteiger charge is -1.99. The molecule has 4 aromatic rings. The molecule has 0 aliphatic heterocycles. The van der Waals surface area contributed by atoms with Crippen molar-refractivity contribution in [3.05, 3.63) is 81.0 Å². The van der Waals surface area contributed by atoms with E-state index in [0.29, 0.717) is 27.0 Å². The molecule has 0 saturated carbocycles. The first-order chi connectivity index (χ1) is 12.7. The van der Waals surface area contributed by atoms with Crippen LogP contribution in [0.1, 0.15) is 5.56 Å². The predicted molar refractivity (Wildman–Crippen MR) is 106 cm³/mol. The number of para-hydroxylation sites is 1. The highest BCUT2D eigenvalue weighted by atomic mass is 35.5. The Kier molecular flexibility index (Phi) is 4.51. The standard InChI is InChI=1S/C19H12ClN3O2S/c20-14-6-3-4-12(8-14)10-21-23-19-22-16(11-26-19)15-9-13-5-1-2-7-17(13)25-18(15)24/h1-11H,(H,22,23). The number of anilines is 1. The number of benzene rings is 2. The van der Waals surface area contributed by atoms with E-state index in [1.54, 1.807) is 35.9 Å². The predicted octanol–water partition coefficient (Wildman–Crippen LogP) is 5.02. The van der Waals surface area contributed by atoms with Crippen LogP contribution in [0.5, 0.6) is 0 Å². The molecular formula is C19H12ClN3O2S. The molecule has 0 bridgehead atoms. The fourth-order valence-electron chi connectivity index (χ4n) is 2.44. The van der Waals surface area contributed by atoms with Crippen LogP contribution in [-0.4, -0.2) is 11.2 Å². The number of nitrogens with one attached hydrogen (secondary N) is 1. The number of aromatic nitrogens is 1. The van der Waals surface area contributed by atoms with Crippen molar-refractivity contribution in [3.63, 3.8) is 0 Å². The Balaban J connectivity index is 1.56. The molecule has 0 radical (unpaired) electrons. The van der Waals surface area contributed by atoms with E-state index in [9.17, 15) is 4.79 Å². The lowest BCUT2D eigenvalue weighted by molar-refractivity contribution is 0.563. The first-order valence-electron chi connectivity index (χ1n) is 7.72. The summed E-state index contributed by atoms with van der Waals surface area (Å²) in [6.07, 6.45) is 1.65. The van der Waals surface area contributed by atoms with E-state index in [1.807, 2.05) is 30.3 Å². The first-order valence-corrected chi connectivity index (χ1v) is 8.98. The molecule has 7 heteroatoms. The molecular weight excluding hydrogens is 370 g/mol. The Bertz CT molecular complexity index is 1170. The van der Waals surface area contributed by atoms with Crippen molar-refractivity contribution in [2.75, 3.05) is 5.43 Å². The van der Waals surface area contributed by atoms with Crippen LogP contribution < -0.4 is 11.1 Å². The SMILES string of the molecule is O=c1oc2ccccc2cc1-c1csc(NN=Cc2cccc(Cl)c2)n1. The van der Waals surface area contributed by atoms with Gasteiger partial charge in [0.1, 0.15) is 5.58 Å². The second-order valence-corrected chi connectivity index (χ2v) is 6.74. The molecule has 0 amide bonds. The van der Waals surface area contributed by atoms with Crippen LogP contribution in [-0.2, 0) is 0 Å². The molecule has 0 spiro atoms. The minimum absolute atomic E-state index is 0.414. The van der Waals surface area contributed by atoms with Gasteiger partial charge in [-0.2, -0.15) is 5.10 Å². The molecule has 5 nitrogen and oxygen atoms in total. The molecule has 4 rings (SSSR count). The van der Waals surface area contributed by atoms with E-state index < -0.39 is 5.63 Å². The van der Waals surface area contributed by atoms with Crippen LogP contribution in [0.4, 0.5) is 5.13 Å². The maximum atomic E-state index is 12.2. The maximum absolute atomic E-state index is 12.2. The summed E-state index contributed by atoms with van der Waals surface area (Å²) in [4.78, 5) is 16.6. The largest absolute Gasteiger partial charge is 0.422 e. The molecule has 1 N–H and O–H groups in total. The normalized spacial score (nSPS) is 11.3. The summed E-state index contributed by atoms with van der Waals surface area (Å²) < 4.78 is 5.35. The highest BCUT2D eigenvalue weighted by molar-refractivity contribution is 7.14. The van der Waals surface area contributed by atoms with E-state index in [-0.39, 0.29) is 0 Å². The van der Waals surface area contributed by atoms with E-state index >= 15 is 0 Å². The Morgan fingerprint density at radius 3 is 2.92 bits per heavy atom. The number of rotatable bonds is 4. The third kappa shape index (κ3) is 3.51. The van der Waals surface area contributed by atoms with E-state index in [0.717, 1.165) is 10.9 Å². The van der Waals surface area contributed by atoms with Crippen molar-refractivity contribution in [1.82, 2.24) is 4.98 Å². The smallest absolute Gasteiger partial charge is 0.345 e. The van der Waals surface area contributed by atoms with E-state index in [4.69, 9.17) is 16.0 Å². The number of hydrazone groups is 1. The summed E-state index contributed by atoms with van der Waals surface area (Å²) in [6, 6.07) is 16.5. The van der Waals surface area contributed by atoms with Gasteiger partial charge in [0, 0.05) is 15.8 Å². The van der Waals surface area contributed by atoms with Crippen molar-refractivity contribution in [2.24, 2.45) is 5.10 Å². The van der Waals surface area contributed by atoms with Gasteiger partial charge in [0.2, 0.25) is 5.13 Å². The minimum Gasteiger partial charge on any atom is -0.422 e. The van der Waals surface area contributed by atoms with Crippen LogP contribution in [0.25, 0.3) is 22.2 Å². The van der Waals surface area contributed by atoms with Gasteiger partial charge < -0.3 is 4.42 Å². The monoisotopic (exact) mass is 381 g/mol. The van der Waals surface area contributed by atoms with Gasteiger partial charge in [0.05, 0.1) is 17.5 Å². The van der Waals surface area contributed by atoms with Crippen LogP contribution in [0.3, 0.4) is 0 Å². The first kappa shape index (κ1) is 16.5. The molecule has 128 valence electrons. The topological polar surface area (TPSA) is 67.5 Å². The van der Waals surface area contributed by atoms with Crippen LogP contribution in [0.2, 0.25) is 5.02 Å². The number of fused-ring (bicyclic) bond motifs is 1. The quantitative estimate of drug-likeness (QED) is 0.306. The van der Waals surface area contributed by atoms with Crippen LogP contribution in [0, 0.1) is 0 Å².